The third-order valence-corrected chi connectivity index (χ3v) is 4.01. The number of aliphatic hydroxyl groups is 1. The molecule has 2 aliphatic heterocycles. The fourth-order valence-electron chi connectivity index (χ4n) is 2.85. The maximum absolute atomic E-state index is 12.1. The van der Waals surface area contributed by atoms with Gasteiger partial charge in [-0.1, -0.05) is 0 Å². The molecule has 122 valence electrons. The topological polar surface area (TPSA) is 73.8 Å². The van der Waals surface area contributed by atoms with Crippen molar-refractivity contribution in [2.24, 2.45) is 0 Å². The van der Waals surface area contributed by atoms with Gasteiger partial charge >= 0.3 is 6.09 Å². The van der Waals surface area contributed by atoms with E-state index in [1.807, 2.05) is 20.8 Å². The number of hydrogen-bond acceptors (Lipinski definition) is 5. The Morgan fingerprint density at radius 1 is 1.52 bits per heavy atom. The number of hydrogen-bond donors (Lipinski definition) is 3. The number of ether oxygens (including phenoxy) is 1. The molecular formula is C15H29N3O3. The highest BCUT2D eigenvalue weighted by molar-refractivity contribution is 5.68. The molecule has 0 spiro atoms. The Balaban J connectivity index is 1.79. The summed E-state index contributed by atoms with van der Waals surface area (Å²) in [6, 6.07) is 0.232. The molecule has 2 aliphatic rings. The molecule has 1 amide bonds. The number of β-amino-alcohol motifs (C(OH)–C–C–N with tert-alkyl or cyclic N) is 1. The third-order valence-electron chi connectivity index (χ3n) is 4.01. The van der Waals surface area contributed by atoms with Crippen LogP contribution in [0.1, 0.15) is 40.0 Å². The molecule has 2 fully saturated rings. The van der Waals surface area contributed by atoms with Crippen LogP contribution >= 0.6 is 0 Å². The van der Waals surface area contributed by atoms with Crippen LogP contribution in [0.25, 0.3) is 0 Å². The third kappa shape index (κ3) is 5.13. The molecule has 2 atom stereocenters. The normalized spacial score (nSPS) is 30.5. The van der Waals surface area contributed by atoms with Gasteiger partial charge in [-0.15, -0.1) is 0 Å². The fourth-order valence-corrected chi connectivity index (χ4v) is 2.85. The molecule has 0 aromatic carbocycles. The summed E-state index contributed by atoms with van der Waals surface area (Å²) in [7, 11) is 0. The van der Waals surface area contributed by atoms with Crippen LogP contribution in [0.3, 0.4) is 0 Å². The molecule has 2 saturated heterocycles. The van der Waals surface area contributed by atoms with E-state index in [2.05, 4.69) is 10.6 Å². The van der Waals surface area contributed by atoms with Gasteiger partial charge in [0.25, 0.3) is 0 Å². The van der Waals surface area contributed by atoms with Gasteiger partial charge in [0.05, 0.1) is 5.60 Å². The SMILES string of the molecule is CC(C)(C)OC(=O)N1CCCC(NCC2(O)CCNC2)C1. The highest BCUT2D eigenvalue weighted by atomic mass is 16.6. The first-order chi connectivity index (χ1) is 9.77. The second kappa shape index (κ2) is 6.50. The number of rotatable bonds is 3. The Morgan fingerprint density at radius 3 is 2.90 bits per heavy atom. The van der Waals surface area contributed by atoms with Crippen molar-refractivity contribution < 1.29 is 14.6 Å². The van der Waals surface area contributed by atoms with Crippen LogP contribution in [-0.2, 0) is 4.74 Å². The number of likely N-dealkylation sites (tertiary alicyclic amines) is 1. The minimum absolute atomic E-state index is 0.232. The van der Waals surface area contributed by atoms with Gasteiger partial charge in [-0.3, -0.25) is 0 Å². The predicted octanol–water partition coefficient (Wildman–Crippen LogP) is 0.700. The molecule has 2 heterocycles. The van der Waals surface area contributed by atoms with E-state index in [4.69, 9.17) is 4.74 Å². The molecule has 3 N–H and O–H groups in total. The zero-order valence-electron chi connectivity index (χ0n) is 13.4. The Labute approximate surface area is 127 Å². The molecule has 0 radical (unpaired) electrons. The van der Waals surface area contributed by atoms with E-state index in [0.29, 0.717) is 19.6 Å². The maximum atomic E-state index is 12.1. The molecule has 2 rings (SSSR count). The van der Waals surface area contributed by atoms with Gasteiger partial charge in [0, 0.05) is 32.2 Å². The molecule has 0 aromatic heterocycles. The lowest BCUT2D eigenvalue weighted by Crippen LogP contribution is -2.53. The van der Waals surface area contributed by atoms with Crippen molar-refractivity contribution in [3.8, 4) is 0 Å². The van der Waals surface area contributed by atoms with Crippen LogP contribution in [0.5, 0.6) is 0 Å². The van der Waals surface area contributed by atoms with Crippen molar-refractivity contribution in [2.75, 3.05) is 32.7 Å². The van der Waals surface area contributed by atoms with Gasteiger partial charge in [-0.25, -0.2) is 4.79 Å². The zero-order valence-corrected chi connectivity index (χ0v) is 13.4. The monoisotopic (exact) mass is 299 g/mol. The van der Waals surface area contributed by atoms with E-state index in [1.165, 1.54) is 0 Å². The highest BCUT2D eigenvalue weighted by Gasteiger charge is 2.33. The summed E-state index contributed by atoms with van der Waals surface area (Å²) in [5.74, 6) is 0. The van der Waals surface area contributed by atoms with Gasteiger partial charge < -0.3 is 25.4 Å². The van der Waals surface area contributed by atoms with Crippen LogP contribution in [-0.4, -0.2) is 66.1 Å². The van der Waals surface area contributed by atoms with E-state index in [1.54, 1.807) is 4.90 Å². The van der Waals surface area contributed by atoms with Gasteiger partial charge in [-0.05, 0) is 46.6 Å². The number of amides is 1. The van der Waals surface area contributed by atoms with Crippen molar-refractivity contribution in [1.29, 1.82) is 0 Å². The standard InChI is InChI=1S/C15H29N3O3/c1-14(2,3)21-13(19)18-8-4-5-12(9-18)17-11-15(20)6-7-16-10-15/h12,16-17,20H,4-11H2,1-3H3. The smallest absolute Gasteiger partial charge is 0.410 e. The lowest BCUT2D eigenvalue weighted by molar-refractivity contribution is 0.0164. The van der Waals surface area contributed by atoms with Crippen molar-refractivity contribution in [2.45, 2.75) is 57.3 Å². The first kappa shape index (κ1) is 16.5. The molecule has 6 nitrogen and oxygen atoms in total. The molecule has 0 bridgehead atoms. The number of nitrogens with zero attached hydrogens (tertiary/aromatic N) is 1. The van der Waals surface area contributed by atoms with Crippen LogP contribution in [0, 0.1) is 0 Å². The molecular weight excluding hydrogens is 270 g/mol. The first-order valence-electron chi connectivity index (χ1n) is 7.92. The van der Waals surface area contributed by atoms with Gasteiger partial charge in [0.2, 0.25) is 0 Å². The molecule has 0 saturated carbocycles. The average molecular weight is 299 g/mol. The predicted molar refractivity (Wildman–Crippen MR) is 81.3 cm³/mol. The van der Waals surface area contributed by atoms with Crippen LogP contribution in [0.4, 0.5) is 4.79 Å². The minimum atomic E-state index is -0.645. The maximum Gasteiger partial charge on any atom is 0.410 e. The van der Waals surface area contributed by atoms with E-state index in [-0.39, 0.29) is 12.1 Å². The fraction of sp³-hybridized carbons (Fsp3) is 0.933. The van der Waals surface area contributed by atoms with Gasteiger partial charge in [-0.2, -0.15) is 0 Å². The van der Waals surface area contributed by atoms with Gasteiger partial charge in [0.1, 0.15) is 5.60 Å². The van der Waals surface area contributed by atoms with E-state index < -0.39 is 11.2 Å². The largest absolute Gasteiger partial charge is 0.444 e. The van der Waals surface area contributed by atoms with Crippen LogP contribution in [0.2, 0.25) is 0 Å². The van der Waals surface area contributed by atoms with E-state index >= 15 is 0 Å². The molecule has 0 aliphatic carbocycles. The lowest BCUT2D eigenvalue weighted by Gasteiger charge is -2.35. The van der Waals surface area contributed by atoms with Crippen molar-refractivity contribution >= 4 is 6.09 Å². The van der Waals surface area contributed by atoms with Gasteiger partial charge in [0.15, 0.2) is 0 Å². The van der Waals surface area contributed by atoms with Crippen molar-refractivity contribution in [3.05, 3.63) is 0 Å². The molecule has 2 unspecified atom stereocenters. The Bertz CT molecular complexity index is 362. The van der Waals surface area contributed by atoms with E-state index in [9.17, 15) is 9.90 Å². The highest BCUT2D eigenvalue weighted by Crippen LogP contribution is 2.17. The second-order valence-electron chi connectivity index (χ2n) is 7.30. The summed E-state index contributed by atoms with van der Waals surface area (Å²) in [5.41, 5.74) is -1.10. The first-order valence-corrected chi connectivity index (χ1v) is 7.92. The van der Waals surface area contributed by atoms with Crippen molar-refractivity contribution in [1.82, 2.24) is 15.5 Å². The summed E-state index contributed by atoms with van der Waals surface area (Å²) in [5, 5.41) is 16.9. The Hall–Kier alpha value is -0.850. The molecule has 0 aromatic rings. The second-order valence-corrected chi connectivity index (χ2v) is 7.30. The number of nitrogens with one attached hydrogen (secondary N) is 2. The number of carbonyl (C=O) groups is 1. The van der Waals surface area contributed by atoms with Crippen molar-refractivity contribution in [3.63, 3.8) is 0 Å². The van der Waals surface area contributed by atoms with Crippen LogP contribution in [0.15, 0.2) is 0 Å². The summed E-state index contributed by atoms with van der Waals surface area (Å²) in [4.78, 5) is 13.9. The van der Waals surface area contributed by atoms with Crippen LogP contribution < -0.4 is 10.6 Å². The Morgan fingerprint density at radius 2 is 2.29 bits per heavy atom. The average Bonchev–Trinajstić information content (AvgIpc) is 2.82. The summed E-state index contributed by atoms with van der Waals surface area (Å²) in [6.45, 7) is 9.13. The molecule has 21 heavy (non-hydrogen) atoms. The lowest BCUT2D eigenvalue weighted by atomic mass is 10.0. The summed E-state index contributed by atoms with van der Waals surface area (Å²) < 4.78 is 5.42. The molecule has 6 heteroatoms. The zero-order chi connectivity index (χ0) is 15.5. The number of piperidine rings is 1. The Kier molecular flexibility index (Phi) is 5.11. The summed E-state index contributed by atoms with van der Waals surface area (Å²) >= 11 is 0. The number of carbonyl (C=O) groups excluding carboxylic acids is 1. The minimum Gasteiger partial charge on any atom is -0.444 e. The quantitative estimate of drug-likeness (QED) is 0.715. The van der Waals surface area contributed by atoms with E-state index in [0.717, 1.165) is 32.4 Å². The summed E-state index contributed by atoms with van der Waals surface area (Å²) in [6.07, 6.45) is 2.54.